The van der Waals surface area contributed by atoms with Crippen molar-refractivity contribution in [1.29, 1.82) is 0 Å². The zero-order chi connectivity index (χ0) is 19.9. The number of hydrogen-bond donors (Lipinski definition) is 2. The molecule has 0 aromatic heterocycles. The minimum atomic E-state index is -0.466. The number of rotatable bonds is 7. The van der Waals surface area contributed by atoms with Gasteiger partial charge < -0.3 is 15.4 Å². The minimum Gasteiger partial charge on any atom is -0.495 e. The van der Waals surface area contributed by atoms with Crippen LogP contribution in [0.15, 0.2) is 30.3 Å². The first-order chi connectivity index (χ1) is 13.6. The van der Waals surface area contributed by atoms with Gasteiger partial charge in [0.05, 0.1) is 23.0 Å². The third kappa shape index (κ3) is 4.59. The number of nitrogens with one attached hydrogen (secondary N) is 2. The summed E-state index contributed by atoms with van der Waals surface area (Å²) in [5, 5.41) is 18.8. The van der Waals surface area contributed by atoms with E-state index in [0.717, 1.165) is 0 Å². The van der Waals surface area contributed by atoms with Crippen LogP contribution in [0.2, 0.25) is 0 Å². The average Bonchev–Trinajstić information content (AvgIpc) is 2.98. The lowest BCUT2D eigenvalue weighted by molar-refractivity contribution is -0.383. The first kappa shape index (κ1) is 20.1. The van der Waals surface area contributed by atoms with Crippen molar-refractivity contribution in [2.75, 3.05) is 20.2 Å². The Balaban J connectivity index is 1.71. The van der Waals surface area contributed by atoms with Crippen molar-refractivity contribution in [2.24, 2.45) is 0 Å². The van der Waals surface area contributed by atoms with E-state index in [9.17, 15) is 14.9 Å². The summed E-state index contributed by atoms with van der Waals surface area (Å²) in [5.74, 6) is -0.0104. The van der Waals surface area contributed by atoms with E-state index >= 15 is 0 Å². The second kappa shape index (κ2) is 9.50. The molecule has 7 nitrogen and oxygen atoms in total. The summed E-state index contributed by atoms with van der Waals surface area (Å²) >= 11 is 0. The van der Waals surface area contributed by atoms with Crippen LogP contribution in [0, 0.1) is 10.1 Å². The molecule has 1 aliphatic rings. The van der Waals surface area contributed by atoms with Crippen LogP contribution < -0.4 is 15.4 Å². The average molecular weight is 385 g/mol. The number of methoxy groups -OCH3 is 1. The topological polar surface area (TPSA) is 93.5 Å². The van der Waals surface area contributed by atoms with Crippen molar-refractivity contribution in [1.82, 2.24) is 10.6 Å². The lowest BCUT2D eigenvalue weighted by atomic mass is 10.0. The Morgan fingerprint density at radius 3 is 2.46 bits per heavy atom. The number of non-ortho nitro benzene ring substituents is 1. The van der Waals surface area contributed by atoms with Gasteiger partial charge in [0, 0.05) is 30.6 Å². The van der Waals surface area contributed by atoms with Gasteiger partial charge >= 0.3 is 0 Å². The lowest BCUT2D eigenvalue weighted by Gasteiger charge is -2.17. The normalized spacial score (nSPS) is 15.2. The molecular weight excluding hydrogens is 358 g/mol. The number of carbonyl (C=O) groups is 1. The van der Waals surface area contributed by atoms with Crippen LogP contribution in [-0.4, -0.2) is 37.1 Å². The molecular formula is C21H27N3O4. The van der Waals surface area contributed by atoms with Gasteiger partial charge in [0.2, 0.25) is 0 Å². The summed E-state index contributed by atoms with van der Waals surface area (Å²) in [7, 11) is 1.47. The van der Waals surface area contributed by atoms with Gasteiger partial charge in [0.1, 0.15) is 5.75 Å². The predicted molar refractivity (Wildman–Crippen MR) is 109 cm³/mol. The fourth-order valence-electron chi connectivity index (χ4n) is 3.90. The molecule has 150 valence electrons. The predicted octanol–water partition coefficient (Wildman–Crippen LogP) is 3.80. The van der Waals surface area contributed by atoms with Crippen molar-refractivity contribution in [3.63, 3.8) is 0 Å². The van der Waals surface area contributed by atoms with Gasteiger partial charge in [-0.25, -0.2) is 0 Å². The van der Waals surface area contributed by atoms with Crippen LogP contribution in [-0.2, 0) is 0 Å². The van der Waals surface area contributed by atoms with Crippen LogP contribution >= 0.6 is 0 Å². The van der Waals surface area contributed by atoms with E-state index in [1.165, 1.54) is 51.7 Å². The molecule has 3 rings (SSSR count). The zero-order valence-electron chi connectivity index (χ0n) is 16.2. The van der Waals surface area contributed by atoms with Crippen molar-refractivity contribution >= 4 is 22.4 Å². The molecule has 2 aromatic rings. The van der Waals surface area contributed by atoms with Crippen LogP contribution in [0.5, 0.6) is 5.75 Å². The Bertz CT molecular complexity index is 845. The molecule has 1 fully saturated rings. The molecule has 28 heavy (non-hydrogen) atoms. The van der Waals surface area contributed by atoms with Crippen molar-refractivity contribution in [3.8, 4) is 5.75 Å². The first-order valence-electron chi connectivity index (χ1n) is 9.87. The van der Waals surface area contributed by atoms with Gasteiger partial charge in [0.25, 0.3) is 11.6 Å². The Morgan fingerprint density at radius 2 is 1.82 bits per heavy atom. The molecule has 0 aliphatic heterocycles. The van der Waals surface area contributed by atoms with Crippen molar-refractivity contribution in [2.45, 2.75) is 44.6 Å². The highest BCUT2D eigenvalue weighted by molar-refractivity contribution is 6.07. The van der Waals surface area contributed by atoms with E-state index in [2.05, 4.69) is 10.6 Å². The van der Waals surface area contributed by atoms with E-state index < -0.39 is 4.92 Å². The number of nitro benzene ring substituents is 1. The number of benzene rings is 2. The Morgan fingerprint density at radius 1 is 1.14 bits per heavy atom. The van der Waals surface area contributed by atoms with Crippen molar-refractivity contribution < 1.29 is 14.5 Å². The molecule has 0 unspecified atom stereocenters. The van der Waals surface area contributed by atoms with Gasteiger partial charge in [-0.2, -0.15) is 0 Å². The molecule has 2 aromatic carbocycles. The second-order valence-electron chi connectivity index (χ2n) is 7.18. The molecule has 0 heterocycles. The monoisotopic (exact) mass is 385 g/mol. The molecule has 7 heteroatoms. The maximum Gasteiger partial charge on any atom is 0.278 e. The maximum absolute atomic E-state index is 12.7. The second-order valence-corrected chi connectivity index (χ2v) is 7.18. The van der Waals surface area contributed by atoms with Gasteiger partial charge in [-0.1, -0.05) is 43.9 Å². The van der Waals surface area contributed by atoms with E-state index in [1.807, 2.05) is 0 Å². The third-order valence-electron chi connectivity index (χ3n) is 5.32. The van der Waals surface area contributed by atoms with E-state index in [1.54, 1.807) is 24.3 Å². The molecule has 0 spiro atoms. The van der Waals surface area contributed by atoms with Gasteiger partial charge in [0.15, 0.2) is 0 Å². The van der Waals surface area contributed by atoms with Gasteiger partial charge in [-0.05, 0) is 18.9 Å². The summed E-state index contributed by atoms with van der Waals surface area (Å²) in [6, 6.07) is 8.70. The molecule has 0 radical (unpaired) electrons. The van der Waals surface area contributed by atoms with Crippen LogP contribution in [0.1, 0.15) is 48.9 Å². The van der Waals surface area contributed by atoms with Gasteiger partial charge in [-0.3, -0.25) is 14.9 Å². The molecule has 0 bridgehead atoms. The highest BCUT2D eigenvalue weighted by Gasteiger charge is 2.23. The van der Waals surface area contributed by atoms with Crippen LogP contribution in [0.25, 0.3) is 10.8 Å². The fraction of sp³-hybridized carbons (Fsp3) is 0.476. The highest BCUT2D eigenvalue weighted by atomic mass is 16.6. The summed E-state index contributed by atoms with van der Waals surface area (Å²) in [5.41, 5.74) is 0.0838. The zero-order valence-corrected chi connectivity index (χ0v) is 16.2. The first-order valence-corrected chi connectivity index (χ1v) is 9.87. The molecule has 2 N–H and O–H groups in total. The number of nitrogens with zero attached hydrogens (tertiary/aromatic N) is 1. The van der Waals surface area contributed by atoms with E-state index in [4.69, 9.17) is 4.74 Å². The number of hydrogen-bond acceptors (Lipinski definition) is 5. The number of carbonyl (C=O) groups excluding carboxylic acids is 1. The summed E-state index contributed by atoms with van der Waals surface area (Å²) in [6.07, 6.45) is 7.46. The largest absolute Gasteiger partial charge is 0.495 e. The quantitative estimate of drug-likeness (QED) is 0.327. The molecule has 1 saturated carbocycles. The number of ether oxygens (including phenoxy) is 1. The summed E-state index contributed by atoms with van der Waals surface area (Å²) < 4.78 is 5.43. The van der Waals surface area contributed by atoms with E-state index in [0.29, 0.717) is 35.7 Å². The number of amides is 1. The molecule has 1 amide bonds. The SMILES string of the molecule is COc1c(C(=O)NCCNC2CCCCCC2)cc([N+](=O)[O-])c2ccccc12. The fourth-order valence-corrected chi connectivity index (χ4v) is 3.90. The lowest BCUT2D eigenvalue weighted by Crippen LogP contribution is -2.37. The smallest absolute Gasteiger partial charge is 0.278 e. The number of nitro groups is 1. The van der Waals surface area contributed by atoms with Crippen LogP contribution in [0.3, 0.4) is 0 Å². The molecule has 1 aliphatic carbocycles. The molecule has 0 saturated heterocycles. The van der Waals surface area contributed by atoms with Gasteiger partial charge in [-0.15, -0.1) is 0 Å². The minimum absolute atomic E-state index is 0.0990. The van der Waals surface area contributed by atoms with Crippen molar-refractivity contribution in [3.05, 3.63) is 46.0 Å². The highest BCUT2D eigenvalue weighted by Crippen LogP contribution is 2.36. The Kier molecular flexibility index (Phi) is 6.81. The Labute approximate surface area is 164 Å². The van der Waals surface area contributed by atoms with E-state index in [-0.39, 0.29) is 17.2 Å². The number of fused-ring (bicyclic) bond motifs is 1. The van der Waals surface area contributed by atoms with Crippen LogP contribution in [0.4, 0.5) is 5.69 Å². The summed E-state index contributed by atoms with van der Waals surface area (Å²) in [4.78, 5) is 23.7. The molecule has 0 atom stereocenters. The standard InChI is InChI=1S/C21H27N3O4/c1-28-20-17-11-7-6-10-16(17)19(24(26)27)14-18(20)21(25)23-13-12-22-15-8-4-2-3-5-9-15/h6-7,10-11,14-15,22H,2-5,8-9,12-13H2,1H3,(H,23,25). The third-order valence-corrected chi connectivity index (χ3v) is 5.32. The maximum atomic E-state index is 12.7. The Hall–Kier alpha value is -2.67. The summed E-state index contributed by atoms with van der Waals surface area (Å²) in [6.45, 7) is 1.13.